The van der Waals surface area contributed by atoms with E-state index in [1.165, 1.54) is 22.3 Å². The molecule has 0 saturated carbocycles. The molecule has 0 spiro atoms. The molecule has 0 bridgehead atoms. The Balaban J connectivity index is 2.63. The maximum absolute atomic E-state index is 13.4. The Bertz CT molecular complexity index is 733. The lowest BCUT2D eigenvalue weighted by molar-refractivity contribution is 0.0906. The minimum Gasteiger partial charge on any atom is -0.293 e. The smallest absolute Gasteiger partial charge is 0.173 e. The third kappa shape index (κ3) is 3.10. The Morgan fingerprint density at radius 1 is 0.696 bits per heavy atom. The zero-order valence-electron chi connectivity index (χ0n) is 15.7. The molecule has 0 radical (unpaired) electrons. The predicted octanol–water partition coefficient (Wildman–Crippen LogP) is 5.70. The van der Waals surface area contributed by atoms with Crippen molar-refractivity contribution in [2.75, 3.05) is 0 Å². The molecule has 0 unspecified atom stereocenters. The molecule has 23 heavy (non-hydrogen) atoms. The van der Waals surface area contributed by atoms with Crippen LogP contribution in [0, 0.1) is 41.5 Å². The number of carbonyl (C=O) groups excluding carboxylic acids is 1. The summed E-state index contributed by atoms with van der Waals surface area (Å²) in [6, 6.07) is 8.55. The lowest BCUT2D eigenvalue weighted by Gasteiger charge is -2.29. The van der Waals surface area contributed by atoms with Crippen LogP contribution in [0.25, 0.3) is 0 Å². The van der Waals surface area contributed by atoms with Crippen LogP contribution in [0.5, 0.6) is 0 Å². The number of rotatable bonds is 3. The maximum Gasteiger partial charge on any atom is 0.173 e. The number of ketones is 1. The van der Waals surface area contributed by atoms with E-state index in [4.69, 9.17) is 0 Å². The zero-order valence-corrected chi connectivity index (χ0v) is 15.7. The molecule has 0 saturated heterocycles. The molecule has 0 aliphatic heterocycles. The van der Waals surface area contributed by atoms with Crippen LogP contribution in [0.15, 0.2) is 24.3 Å². The number of Topliss-reactive ketones (excluding diaryl/α,β-unsaturated/α-hetero) is 1. The summed E-state index contributed by atoms with van der Waals surface area (Å²) in [4.78, 5) is 13.4. The van der Waals surface area contributed by atoms with Crippen molar-refractivity contribution in [1.82, 2.24) is 0 Å². The topological polar surface area (TPSA) is 17.1 Å². The third-order valence-corrected chi connectivity index (χ3v) is 4.77. The average Bonchev–Trinajstić information content (AvgIpc) is 2.35. The van der Waals surface area contributed by atoms with Crippen molar-refractivity contribution in [2.45, 2.75) is 60.8 Å². The molecular weight excluding hydrogens is 280 g/mol. The van der Waals surface area contributed by atoms with Crippen LogP contribution in [-0.2, 0) is 5.41 Å². The van der Waals surface area contributed by atoms with Gasteiger partial charge in [0.15, 0.2) is 5.78 Å². The van der Waals surface area contributed by atoms with E-state index in [1.807, 2.05) is 13.8 Å². The molecule has 0 aliphatic rings. The van der Waals surface area contributed by atoms with Gasteiger partial charge in [0.1, 0.15) is 0 Å². The van der Waals surface area contributed by atoms with Gasteiger partial charge in [-0.05, 0) is 83.2 Å². The van der Waals surface area contributed by atoms with Gasteiger partial charge in [0.05, 0.1) is 5.41 Å². The molecule has 0 amide bonds. The van der Waals surface area contributed by atoms with E-state index in [0.717, 1.165) is 22.3 Å². The van der Waals surface area contributed by atoms with Crippen molar-refractivity contribution in [3.05, 3.63) is 68.8 Å². The summed E-state index contributed by atoms with van der Waals surface area (Å²) in [7, 11) is 0. The van der Waals surface area contributed by atoms with Crippen LogP contribution in [0.3, 0.4) is 0 Å². The quantitative estimate of drug-likeness (QED) is 0.665. The third-order valence-electron chi connectivity index (χ3n) is 4.77. The number of aryl methyl sites for hydroxylation is 6. The first kappa shape index (κ1) is 17.5. The van der Waals surface area contributed by atoms with Crippen molar-refractivity contribution < 1.29 is 4.79 Å². The predicted molar refractivity (Wildman–Crippen MR) is 98.7 cm³/mol. The second-order valence-electron chi connectivity index (χ2n) is 7.50. The van der Waals surface area contributed by atoms with Gasteiger partial charge in [0.25, 0.3) is 0 Å². The molecule has 0 aliphatic carbocycles. The SMILES string of the molecule is Cc1cc(C)c(C(=O)C(C)(C)c2c(C)cc(C)cc2C)c(C)c1. The molecule has 1 heteroatoms. The van der Waals surface area contributed by atoms with E-state index in [0.29, 0.717) is 0 Å². The highest BCUT2D eigenvalue weighted by atomic mass is 16.1. The number of hydrogen-bond acceptors (Lipinski definition) is 1. The van der Waals surface area contributed by atoms with E-state index in [9.17, 15) is 4.79 Å². The summed E-state index contributed by atoms with van der Waals surface area (Å²) in [5.41, 5.74) is 8.49. The second-order valence-corrected chi connectivity index (χ2v) is 7.50. The minimum absolute atomic E-state index is 0.211. The van der Waals surface area contributed by atoms with E-state index >= 15 is 0 Å². The van der Waals surface area contributed by atoms with Gasteiger partial charge in [0, 0.05) is 5.56 Å². The Labute approximate surface area is 140 Å². The molecule has 0 aromatic heterocycles. The highest BCUT2D eigenvalue weighted by Crippen LogP contribution is 2.35. The Kier molecular flexibility index (Phi) is 4.52. The molecule has 0 fully saturated rings. The van der Waals surface area contributed by atoms with Gasteiger partial charge in [-0.2, -0.15) is 0 Å². The molecule has 0 N–H and O–H groups in total. The van der Waals surface area contributed by atoms with Gasteiger partial charge in [-0.25, -0.2) is 0 Å². The second kappa shape index (κ2) is 5.96. The number of hydrogen-bond donors (Lipinski definition) is 0. The standard InChI is InChI=1S/C22H28O/c1-13-9-15(3)19(16(4)10-13)21(23)22(7,8)20-17(5)11-14(2)12-18(20)6/h9-12H,1-8H3. The molecule has 2 aromatic rings. The highest BCUT2D eigenvalue weighted by Gasteiger charge is 2.34. The van der Waals surface area contributed by atoms with E-state index < -0.39 is 5.41 Å². The van der Waals surface area contributed by atoms with Crippen LogP contribution in [0.1, 0.15) is 63.1 Å². The van der Waals surface area contributed by atoms with Crippen molar-refractivity contribution in [1.29, 1.82) is 0 Å². The summed E-state index contributed by atoms with van der Waals surface area (Å²) in [5.74, 6) is 0.211. The molecular formula is C22H28O. The van der Waals surface area contributed by atoms with Crippen molar-refractivity contribution in [3.8, 4) is 0 Å². The normalized spacial score (nSPS) is 11.7. The summed E-state index contributed by atoms with van der Waals surface area (Å²) in [5, 5.41) is 0. The van der Waals surface area contributed by atoms with E-state index in [-0.39, 0.29) is 5.78 Å². The van der Waals surface area contributed by atoms with Crippen LogP contribution < -0.4 is 0 Å². The fourth-order valence-corrected chi connectivity index (χ4v) is 4.13. The maximum atomic E-state index is 13.4. The van der Waals surface area contributed by atoms with Gasteiger partial charge in [-0.15, -0.1) is 0 Å². The zero-order chi connectivity index (χ0) is 17.5. The number of carbonyl (C=O) groups is 1. The van der Waals surface area contributed by atoms with Crippen molar-refractivity contribution in [3.63, 3.8) is 0 Å². The highest BCUT2D eigenvalue weighted by molar-refractivity contribution is 6.06. The van der Waals surface area contributed by atoms with E-state index in [1.54, 1.807) is 0 Å². The lowest BCUT2D eigenvalue weighted by atomic mass is 9.72. The van der Waals surface area contributed by atoms with Crippen LogP contribution in [0.4, 0.5) is 0 Å². The Hall–Kier alpha value is -1.89. The molecule has 0 heterocycles. The first-order chi connectivity index (χ1) is 10.6. The first-order valence-electron chi connectivity index (χ1n) is 8.26. The molecule has 2 aromatic carbocycles. The van der Waals surface area contributed by atoms with Gasteiger partial charge in [-0.3, -0.25) is 4.79 Å². The molecule has 2 rings (SSSR count). The summed E-state index contributed by atoms with van der Waals surface area (Å²) in [6.07, 6.45) is 0. The van der Waals surface area contributed by atoms with Gasteiger partial charge in [0.2, 0.25) is 0 Å². The number of benzene rings is 2. The van der Waals surface area contributed by atoms with Gasteiger partial charge >= 0.3 is 0 Å². The monoisotopic (exact) mass is 308 g/mol. The summed E-state index contributed by atoms with van der Waals surface area (Å²) < 4.78 is 0. The summed E-state index contributed by atoms with van der Waals surface area (Å²) >= 11 is 0. The molecule has 0 atom stereocenters. The molecule has 1 nitrogen and oxygen atoms in total. The van der Waals surface area contributed by atoms with Crippen LogP contribution in [-0.4, -0.2) is 5.78 Å². The average molecular weight is 308 g/mol. The minimum atomic E-state index is -0.535. The van der Waals surface area contributed by atoms with Crippen LogP contribution >= 0.6 is 0 Å². The van der Waals surface area contributed by atoms with Crippen molar-refractivity contribution in [2.24, 2.45) is 0 Å². The molecule has 122 valence electrons. The Morgan fingerprint density at radius 3 is 1.43 bits per heavy atom. The fourth-order valence-electron chi connectivity index (χ4n) is 4.13. The Morgan fingerprint density at radius 2 is 1.04 bits per heavy atom. The first-order valence-corrected chi connectivity index (χ1v) is 8.26. The fraction of sp³-hybridized carbons (Fsp3) is 0.409. The van der Waals surface area contributed by atoms with Gasteiger partial charge in [-0.1, -0.05) is 35.4 Å². The van der Waals surface area contributed by atoms with E-state index in [2.05, 4.69) is 65.8 Å². The van der Waals surface area contributed by atoms with Crippen molar-refractivity contribution >= 4 is 5.78 Å². The summed E-state index contributed by atoms with van der Waals surface area (Å²) in [6.45, 7) is 16.6. The lowest BCUT2D eigenvalue weighted by Crippen LogP contribution is -2.32. The largest absolute Gasteiger partial charge is 0.293 e. The van der Waals surface area contributed by atoms with Crippen LogP contribution in [0.2, 0.25) is 0 Å². The van der Waals surface area contributed by atoms with Gasteiger partial charge < -0.3 is 0 Å².